The standard InChI is InChI=1S/C15H15FN2O/c1-10-4-2-3-5-11(10)8-15(19)18-14-7-6-12(17)9-13(14)16/h2-7,9H,8,17H2,1H3,(H,18,19). The molecule has 0 fully saturated rings. The van der Waals surface area contributed by atoms with Gasteiger partial charge in [-0.15, -0.1) is 0 Å². The monoisotopic (exact) mass is 258 g/mol. The van der Waals surface area contributed by atoms with Gasteiger partial charge >= 0.3 is 0 Å². The van der Waals surface area contributed by atoms with Crippen molar-refractivity contribution in [3.63, 3.8) is 0 Å². The van der Waals surface area contributed by atoms with Crippen LogP contribution in [0, 0.1) is 12.7 Å². The molecule has 98 valence electrons. The van der Waals surface area contributed by atoms with Crippen molar-refractivity contribution >= 4 is 17.3 Å². The molecule has 0 radical (unpaired) electrons. The van der Waals surface area contributed by atoms with Crippen molar-refractivity contribution in [2.45, 2.75) is 13.3 Å². The fourth-order valence-corrected chi connectivity index (χ4v) is 1.81. The van der Waals surface area contributed by atoms with Gasteiger partial charge in [0.05, 0.1) is 12.1 Å². The highest BCUT2D eigenvalue weighted by Gasteiger charge is 2.09. The van der Waals surface area contributed by atoms with Gasteiger partial charge in [-0.1, -0.05) is 24.3 Å². The van der Waals surface area contributed by atoms with Crippen LogP contribution in [0.25, 0.3) is 0 Å². The molecule has 4 heteroatoms. The number of nitrogen functional groups attached to an aromatic ring is 1. The predicted molar refractivity (Wildman–Crippen MR) is 74.3 cm³/mol. The number of rotatable bonds is 3. The van der Waals surface area contributed by atoms with Crippen molar-refractivity contribution in [2.24, 2.45) is 0 Å². The number of amides is 1. The van der Waals surface area contributed by atoms with E-state index in [2.05, 4.69) is 5.32 Å². The molecule has 0 bridgehead atoms. The summed E-state index contributed by atoms with van der Waals surface area (Å²) in [6, 6.07) is 11.8. The third-order valence-corrected chi connectivity index (χ3v) is 2.88. The van der Waals surface area contributed by atoms with Gasteiger partial charge in [-0.25, -0.2) is 4.39 Å². The Morgan fingerprint density at radius 3 is 2.68 bits per heavy atom. The lowest BCUT2D eigenvalue weighted by Crippen LogP contribution is -2.16. The summed E-state index contributed by atoms with van der Waals surface area (Å²) < 4.78 is 13.5. The van der Waals surface area contributed by atoms with E-state index < -0.39 is 5.82 Å². The number of nitrogens with two attached hydrogens (primary N) is 1. The van der Waals surface area contributed by atoms with Crippen LogP contribution in [0.3, 0.4) is 0 Å². The van der Waals surface area contributed by atoms with Gasteiger partial charge in [-0.2, -0.15) is 0 Å². The van der Waals surface area contributed by atoms with Crippen molar-refractivity contribution in [3.8, 4) is 0 Å². The minimum atomic E-state index is -0.530. The number of nitrogens with one attached hydrogen (secondary N) is 1. The summed E-state index contributed by atoms with van der Waals surface area (Å²) in [5.41, 5.74) is 7.89. The average molecular weight is 258 g/mol. The number of anilines is 2. The Hall–Kier alpha value is -2.36. The van der Waals surface area contributed by atoms with Crippen LogP contribution in [0.5, 0.6) is 0 Å². The molecule has 0 aliphatic rings. The van der Waals surface area contributed by atoms with E-state index in [9.17, 15) is 9.18 Å². The second-order valence-corrected chi connectivity index (χ2v) is 4.39. The molecule has 2 rings (SSSR count). The van der Waals surface area contributed by atoms with Crippen molar-refractivity contribution in [1.82, 2.24) is 0 Å². The highest BCUT2D eigenvalue weighted by molar-refractivity contribution is 5.92. The molecule has 0 aliphatic carbocycles. The van der Waals surface area contributed by atoms with Crippen LogP contribution in [-0.4, -0.2) is 5.91 Å². The van der Waals surface area contributed by atoms with E-state index in [0.717, 1.165) is 11.1 Å². The fraction of sp³-hybridized carbons (Fsp3) is 0.133. The molecule has 0 atom stereocenters. The van der Waals surface area contributed by atoms with Gasteiger partial charge < -0.3 is 11.1 Å². The van der Waals surface area contributed by atoms with Crippen LogP contribution in [0.4, 0.5) is 15.8 Å². The number of carbonyl (C=O) groups excluding carboxylic acids is 1. The summed E-state index contributed by atoms with van der Waals surface area (Å²) in [4.78, 5) is 11.9. The molecule has 19 heavy (non-hydrogen) atoms. The molecule has 3 nitrogen and oxygen atoms in total. The molecular formula is C15H15FN2O. The maximum Gasteiger partial charge on any atom is 0.228 e. The number of hydrogen-bond acceptors (Lipinski definition) is 2. The lowest BCUT2D eigenvalue weighted by molar-refractivity contribution is -0.115. The molecule has 0 saturated heterocycles. The zero-order valence-corrected chi connectivity index (χ0v) is 10.6. The highest BCUT2D eigenvalue weighted by atomic mass is 19.1. The summed E-state index contributed by atoms with van der Waals surface area (Å²) in [5, 5.41) is 2.54. The Labute approximate surface area is 111 Å². The van der Waals surface area contributed by atoms with Crippen LogP contribution in [0.15, 0.2) is 42.5 Å². The highest BCUT2D eigenvalue weighted by Crippen LogP contribution is 2.17. The average Bonchev–Trinajstić information content (AvgIpc) is 2.36. The maximum atomic E-state index is 13.5. The van der Waals surface area contributed by atoms with Gasteiger partial charge in [0, 0.05) is 5.69 Å². The Morgan fingerprint density at radius 2 is 2.00 bits per heavy atom. The second kappa shape index (κ2) is 5.52. The van der Waals surface area contributed by atoms with E-state index in [4.69, 9.17) is 5.73 Å². The van der Waals surface area contributed by atoms with Gasteiger partial charge in [-0.05, 0) is 36.2 Å². The van der Waals surface area contributed by atoms with Crippen LogP contribution >= 0.6 is 0 Å². The summed E-state index contributed by atoms with van der Waals surface area (Å²) in [7, 11) is 0. The van der Waals surface area contributed by atoms with E-state index >= 15 is 0 Å². The minimum absolute atomic E-state index is 0.146. The van der Waals surface area contributed by atoms with Gasteiger partial charge in [0.2, 0.25) is 5.91 Å². The Bertz CT molecular complexity index is 611. The van der Waals surface area contributed by atoms with Crippen LogP contribution < -0.4 is 11.1 Å². The summed E-state index contributed by atoms with van der Waals surface area (Å²) in [6.45, 7) is 1.94. The van der Waals surface area contributed by atoms with Crippen molar-refractivity contribution in [1.29, 1.82) is 0 Å². The summed E-state index contributed by atoms with van der Waals surface area (Å²) in [5.74, 6) is -0.781. The largest absolute Gasteiger partial charge is 0.399 e. The number of hydrogen-bond donors (Lipinski definition) is 2. The fourth-order valence-electron chi connectivity index (χ4n) is 1.81. The normalized spacial score (nSPS) is 10.2. The minimum Gasteiger partial charge on any atom is -0.399 e. The van der Waals surface area contributed by atoms with Crippen molar-refractivity contribution < 1.29 is 9.18 Å². The van der Waals surface area contributed by atoms with E-state index in [1.807, 2.05) is 31.2 Å². The van der Waals surface area contributed by atoms with E-state index in [-0.39, 0.29) is 18.0 Å². The molecule has 2 aromatic rings. The van der Waals surface area contributed by atoms with Gasteiger partial charge in [0.25, 0.3) is 0 Å². The molecule has 0 heterocycles. The predicted octanol–water partition coefficient (Wildman–Crippen LogP) is 2.90. The van der Waals surface area contributed by atoms with Crippen LogP contribution in [0.2, 0.25) is 0 Å². The molecule has 0 saturated carbocycles. The first-order valence-corrected chi connectivity index (χ1v) is 5.95. The first-order valence-electron chi connectivity index (χ1n) is 5.95. The first-order chi connectivity index (χ1) is 9.06. The van der Waals surface area contributed by atoms with Gasteiger partial charge in [0.15, 0.2) is 0 Å². The number of aryl methyl sites for hydroxylation is 1. The first kappa shape index (κ1) is 13.1. The number of benzene rings is 2. The van der Waals surface area contributed by atoms with E-state index in [0.29, 0.717) is 5.69 Å². The third-order valence-electron chi connectivity index (χ3n) is 2.88. The smallest absolute Gasteiger partial charge is 0.228 e. The summed E-state index contributed by atoms with van der Waals surface area (Å²) in [6.07, 6.45) is 0.219. The lowest BCUT2D eigenvalue weighted by atomic mass is 10.1. The zero-order valence-electron chi connectivity index (χ0n) is 10.6. The topological polar surface area (TPSA) is 55.1 Å². The Balaban J connectivity index is 2.08. The third kappa shape index (κ3) is 3.31. The zero-order chi connectivity index (χ0) is 13.8. The summed E-state index contributed by atoms with van der Waals surface area (Å²) >= 11 is 0. The van der Waals surface area contributed by atoms with Crippen LogP contribution in [0.1, 0.15) is 11.1 Å². The number of halogens is 1. The Kier molecular flexibility index (Phi) is 3.80. The van der Waals surface area contributed by atoms with Crippen molar-refractivity contribution in [2.75, 3.05) is 11.1 Å². The second-order valence-electron chi connectivity index (χ2n) is 4.39. The maximum absolute atomic E-state index is 13.5. The van der Waals surface area contributed by atoms with Crippen molar-refractivity contribution in [3.05, 3.63) is 59.4 Å². The molecule has 0 unspecified atom stereocenters. The number of carbonyl (C=O) groups is 1. The van der Waals surface area contributed by atoms with Gasteiger partial charge in [0.1, 0.15) is 5.82 Å². The lowest BCUT2D eigenvalue weighted by Gasteiger charge is -2.08. The molecule has 3 N–H and O–H groups in total. The SMILES string of the molecule is Cc1ccccc1CC(=O)Nc1ccc(N)cc1F. The molecule has 1 amide bonds. The molecular weight excluding hydrogens is 243 g/mol. The van der Waals surface area contributed by atoms with Crippen LogP contribution in [-0.2, 0) is 11.2 Å². The van der Waals surface area contributed by atoms with E-state index in [1.165, 1.54) is 12.1 Å². The quantitative estimate of drug-likeness (QED) is 0.832. The van der Waals surface area contributed by atoms with Gasteiger partial charge in [-0.3, -0.25) is 4.79 Å². The molecule has 0 aromatic heterocycles. The Morgan fingerprint density at radius 1 is 1.26 bits per heavy atom. The van der Waals surface area contributed by atoms with E-state index in [1.54, 1.807) is 6.07 Å². The molecule has 0 aliphatic heterocycles. The molecule has 2 aromatic carbocycles. The molecule has 0 spiro atoms.